The number of hydrogen-bond acceptors (Lipinski definition) is 5. The highest BCUT2D eigenvalue weighted by atomic mass is 79.9. The SMILES string of the molecule is COc1ccc(-c2cc(C(=O)OCC(=O)c3ccc(Br)cc3)c3cc(C)ccc3n2)cc1. The Bertz CT molecular complexity index is 1300. The molecule has 4 rings (SSSR count). The summed E-state index contributed by atoms with van der Waals surface area (Å²) in [6.07, 6.45) is 0. The lowest BCUT2D eigenvalue weighted by Crippen LogP contribution is -2.15. The number of nitrogens with zero attached hydrogens (tertiary/aromatic N) is 1. The molecular formula is C26H20BrNO4. The number of hydrogen-bond donors (Lipinski definition) is 0. The van der Waals surface area contributed by atoms with Crippen LogP contribution in [0.2, 0.25) is 0 Å². The van der Waals surface area contributed by atoms with Gasteiger partial charge >= 0.3 is 5.97 Å². The van der Waals surface area contributed by atoms with E-state index in [9.17, 15) is 9.59 Å². The van der Waals surface area contributed by atoms with E-state index in [1.54, 1.807) is 37.4 Å². The molecule has 6 heteroatoms. The fraction of sp³-hybridized carbons (Fsp3) is 0.115. The van der Waals surface area contributed by atoms with Crippen LogP contribution in [0.1, 0.15) is 26.3 Å². The average Bonchev–Trinajstić information content (AvgIpc) is 2.82. The van der Waals surface area contributed by atoms with Gasteiger partial charge in [0.05, 0.1) is 23.9 Å². The van der Waals surface area contributed by atoms with Gasteiger partial charge in [0.1, 0.15) is 5.75 Å². The maximum atomic E-state index is 13.0. The van der Waals surface area contributed by atoms with Crippen LogP contribution in [0.3, 0.4) is 0 Å². The Hall–Kier alpha value is -3.51. The Morgan fingerprint density at radius 2 is 1.66 bits per heavy atom. The standard InChI is InChI=1S/C26H20BrNO4/c1-16-3-12-23-21(13-16)22(14-24(28-23)17-6-10-20(31-2)11-7-17)26(30)32-15-25(29)18-4-8-19(27)9-5-18/h3-14H,15H2,1-2H3. The molecule has 160 valence electrons. The molecule has 0 aliphatic rings. The van der Waals surface area contributed by atoms with Gasteiger partial charge in [-0.05, 0) is 61.5 Å². The lowest BCUT2D eigenvalue weighted by molar-refractivity contribution is 0.0476. The van der Waals surface area contributed by atoms with Crippen LogP contribution in [-0.4, -0.2) is 30.5 Å². The van der Waals surface area contributed by atoms with Gasteiger partial charge in [-0.3, -0.25) is 4.79 Å². The minimum Gasteiger partial charge on any atom is -0.497 e. The summed E-state index contributed by atoms with van der Waals surface area (Å²) in [6.45, 7) is 1.61. The van der Waals surface area contributed by atoms with Crippen molar-refractivity contribution in [3.63, 3.8) is 0 Å². The highest BCUT2D eigenvalue weighted by Crippen LogP contribution is 2.27. The van der Waals surface area contributed by atoms with Crippen LogP contribution in [0, 0.1) is 6.92 Å². The van der Waals surface area contributed by atoms with Gasteiger partial charge in [0.15, 0.2) is 12.4 Å². The number of aromatic nitrogens is 1. The Morgan fingerprint density at radius 1 is 0.938 bits per heavy atom. The van der Waals surface area contributed by atoms with E-state index in [1.165, 1.54) is 0 Å². The summed E-state index contributed by atoms with van der Waals surface area (Å²) in [6, 6.07) is 21.8. The fourth-order valence-electron chi connectivity index (χ4n) is 3.35. The highest BCUT2D eigenvalue weighted by Gasteiger charge is 2.17. The van der Waals surface area contributed by atoms with Crippen LogP contribution < -0.4 is 4.74 Å². The summed E-state index contributed by atoms with van der Waals surface area (Å²) in [7, 11) is 1.61. The zero-order valence-corrected chi connectivity index (χ0v) is 19.2. The summed E-state index contributed by atoms with van der Waals surface area (Å²) < 4.78 is 11.5. The van der Waals surface area contributed by atoms with Crippen molar-refractivity contribution in [3.8, 4) is 17.0 Å². The van der Waals surface area contributed by atoms with E-state index < -0.39 is 5.97 Å². The topological polar surface area (TPSA) is 65.5 Å². The third-order valence-corrected chi connectivity index (χ3v) is 5.60. The first-order chi connectivity index (χ1) is 15.4. The number of fused-ring (bicyclic) bond motifs is 1. The van der Waals surface area contributed by atoms with Crippen LogP contribution >= 0.6 is 15.9 Å². The van der Waals surface area contributed by atoms with E-state index in [0.717, 1.165) is 21.3 Å². The van der Waals surface area contributed by atoms with Gasteiger partial charge in [-0.2, -0.15) is 0 Å². The average molecular weight is 490 g/mol. The summed E-state index contributed by atoms with van der Waals surface area (Å²) in [5, 5.41) is 0.684. The van der Waals surface area contributed by atoms with Crippen molar-refractivity contribution >= 4 is 38.6 Å². The molecule has 3 aromatic carbocycles. The minimum absolute atomic E-state index is 0.268. The molecule has 0 fully saturated rings. The number of pyridine rings is 1. The van der Waals surface area contributed by atoms with Crippen molar-refractivity contribution in [2.75, 3.05) is 13.7 Å². The maximum absolute atomic E-state index is 13.0. The van der Waals surface area contributed by atoms with Gasteiger partial charge in [0.25, 0.3) is 0 Å². The van der Waals surface area contributed by atoms with E-state index in [1.807, 2.05) is 49.4 Å². The zero-order chi connectivity index (χ0) is 22.7. The number of rotatable bonds is 6. The number of halogens is 1. The lowest BCUT2D eigenvalue weighted by Gasteiger charge is -2.11. The molecule has 32 heavy (non-hydrogen) atoms. The van der Waals surface area contributed by atoms with E-state index in [0.29, 0.717) is 27.7 Å². The number of aryl methyl sites for hydroxylation is 1. The van der Waals surface area contributed by atoms with Crippen molar-refractivity contribution in [1.29, 1.82) is 0 Å². The van der Waals surface area contributed by atoms with Crippen molar-refractivity contribution in [1.82, 2.24) is 4.98 Å². The molecule has 0 saturated heterocycles. The molecule has 0 bridgehead atoms. The van der Waals surface area contributed by atoms with Crippen LogP contribution in [-0.2, 0) is 4.74 Å². The van der Waals surface area contributed by atoms with Gasteiger partial charge in [-0.25, -0.2) is 9.78 Å². The van der Waals surface area contributed by atoms with E-state index in [-0.39, 0.29) is 12.4 Å². The predicted molar refractivity (Wildman–Crippen MR) is 127 cm³/mol. The first-order valence-electron chi connectivity index (χ1n) is 9.96. The number of ketones is 1. The van der Waals surface area contributed by atoms with E-state index in [2.05, 4.69) is 15.9 Å². The number of carbonyl (C=O) groups excluding carboxylic acids is 2. The minimum atomic E-state index is -0.566. The third-order valence-electron chi connectivity index (χ3n) is 5.07. The van der Waals surface area contributed by atoms with Gasteiger partial charge in [0, 0.05) is 21.0 Å². The van der Waals surface area contributed by atoms with Gasteiger partial charge in [0.2, 0.25) is 0 Å². The molecule has 1 aromatic heterocycles. The van der Waals surface area contributed by atoms with E-state index in [4.69, 9.17) is 14.5 Å². The lowest BCUT2D eigenvalue weighted by atomic mass is 10.0. The molecule has 4 aromatic rings. The van der Waals surface area contributed by atoms with Crippen molar-refractivity contribution < 1.29 is 19.1 Å². The van der Waals surface area contributed by atoms with Crippen molar-refractivity contribution in [2.45, 2.75) is 6.92 Å². The van der Waals surface area contributed by atoms with Gasteiger partial charge in [-0.15, -0.1) is 0 Å². The molecule has 0 N–H and O–H groups in total. The first kappa shape index (κ1) is 21.7. The molecule has 0 aliphatic carbocycles. The Morgan fingerprint density at radius 3 is 2.34 bits per heavy atom. The molecular weight excluding hydrogens is 470 g/mol. The zero-order valence-electron chi connectivity index (χ0n) is 17.6. The largest absolute Gasteiger partial charge is 0.497 e. The number of methoxy groups -OCH3 is 1. The summed E-state index contributed by atoms with van der Waals surface area (Å²) in [5.74, 6) is -0.102. The Kier molecular flexibility index (Phi) is 6.32. The molecule has 0 aliphatic heterocycles. The monoisotopic (exact) mass is 489 g/mol. The molecule has 0 amide bonds. The molecule has 0 unspecified atom stereocenters. The van der Waals surface area contributed by atoms with Crippen LogP contribution in [0.4, 0.5) is 0 Å². The van der Waals surface area contributed by atoms with Crippen LogP contribution in [0.15, 0.2) is 77.3 Å². The predicted octanol–water partition coefficient (Wildman–Crippen LogP) is 6.02. The summed E-state index contributed by atoms with van der Waals surface area (Å²) in [4.78, 5) is 30.2. The quantitative estimate of drug-likeness (QED) is 0.244. The second kappa shape index (κ2) is 9.32. The van der Waals surface area contributed by atoms with Gasteiger partial charge in [-0.1, -0.05) is 39.7 Å². The third kappa shape index (κ3) is 4.70. The summed E-state index contributed by atoms with van der Waals surface area (Å²) in [5.41, 5.74) is 4.00. The van der Waals surface area contributed by atoms with Gasteiger partial charge < -0.3 is 9.47 Å². The van der Waals surface area contributed by atoms with E-state index >= 15 is 0 Å². The number of carbonyl (C=O) groups is 2. The second-order valence-corrected chi connectivity index (χ2v) is 8.23. The molecule has 0 spiro atoms. The second-order valence-electron chi connectivity index (χ2n) is 7.31. The highest BCUT2D eigenvalue weighted by molar-refractivity contribution is 9.10. The molecule has 5 nitrogen and oxygen atoms in total. The Labute approximate surface area is 194 Å². The number of Topliss-reactive ketones (excluding diaryl/α,β-unsaturated/α-hetero) is 1. The number of ether oxygens (including phenoxy) is 2. The number of esters is 1. The first-order valence-corrected chi connectivity index (χ1v) is 10.8. The summed E-state index contributed by atoms with van der Waals surface area (Å²) >= 11 is 3.34. The molecule has 0 saturated carbocycles. The number of benzene rings is 3. The molecule has 1 heterocycles. The maximum Gasteiger partial charge on any atom is 0.339 e. The molecule has 0 atom stereocenters. The smallest absolute Gasteiger partial charge is 0.339 e. The van der Waals surface area contributed by atoms with Crippen LogP contribution in [0.5, 0.6) is 5.75 Å². The van der Waals surface area contributed by atoms with Crippen molar-refractivity contribution in [3.05, 3.63) is 94.0 Å². The molecule has 0 radical (unpaired) electrons. The fourth-order valence-corrected chi connectivity index (χ4v) is 3.61. The Balaban J connectivity index is 1.66. The normalized spacial score (nSPS) is 10.7. The van der Waals surface area contributed by atoms with Crippen molar-refractivity contribution in [2.24, 2.45) is 0 Å². The van der Waals surface area contributed by atoms with Crippen LogP contribution in [0.25, 0.3) is 22.2 Å².